The fourth-order valence-electron chi connectivity index (χ4n) is 1.84. The molecule has 0 fully saturated rings. The summed E-state index contributed by atoms with van der Waals surface area (Å²) in [6, 6.07) is 15.6. The number of aromatic nitrogens is 3. The van der Waals surface area contributed by atoms with E-state index in [4.69, 9.17) is 19.8 Å². The Balaban J connectivity index is 0.000000646. The Hall–Kier alpha value is -2.99. The first-order chi connectivity index (χ1) is 12.4. The van der Waals surface area contributed by atoms with Gasteiger partial charge in [0.1, 0.15) is 0 Å². The van der Waals surface area contributed by atoms with Crippen molar-refractivity contribution in [3.05, 3.63) is 67.1 Å². The predicted molar refractivity (Wildman–Crippen MR) is 92.1 cm³/mol. The molecule has 3 rings (SSSR count). The zero-order valence-corrected chi connectivity index (χ0v) is 18.0. The summed E-state index contributed by atoms with van der Waals surface area (Å²) in [5, 5.41) is 17.8. The number of carboxylic acid groups (broad SMARTS) is 2. The molecule has 0 aromatic carbocycles. The summed E-state index contributed by atoms with van der Waals surface area (Å²) in [5.74, 6) is -2.17. The molecule has 0 amide bonds. The van der Waals surface area contributed by atoms with Crippen molar-refractivity contribution in [2.24, 2.45) is 0 Å². The standard InChI is InChI=1S/C15H11N3.2C2H4O2.Zn/c1-3-9-16-13(7-1)12-6-5-11-18-15(12)14-8-2-4-10-17-14;2*1-2(3)4;/h1-11H;2*1H3,(H,3,4);/q;;;+2/p-2. The number of carboxylic acids is 2. The molecule has 0 N–H and O–H groups in total. The molecule has 0 bridgehead atoms. The van der Waals surface area contributed by atoms with Gasteiger partial charge in [0, 0.05) is 36.1 Å². The molecule has 3 aromatic rings. The maximum absolute atomic E-state index is 8.89. The van der Waals surface area contributed by atoms with Crippen molar-refractivity contribution >= 4 is 11.9 Å². The van der Waals surface area contributed by atoms with E-state index in [1.54, 1.807) is 18.6 Å². The Morgan fingerprint density at radius 2 is 1.15 bits per heavy atom. The number of nitrogens with zero attached hydrogens (tertiary/aromatic N) is 3. The van der Waals surface area contributed by atoms with E-state index in [9.17, 15) is 0 Å². The third-order valence-corrected chi connectivity index (χ3v) is 2.66. The Morgan fingerprint density at radius 1 is 0.704 bits per heavy atom. The van der Waals surface area contributed by atoms with E-state index in [-0.39, 0.29) is 19.5 Å². The van der Waals surface area contributed by atoms with Crippen LogP contribution in [0.25, 0.3) is 22.6 Å². The zero-order valence-electron chi connectivity index (χ0n) is 15.0. The van der Waals surface area contributed by atoms with E-state index in [0.717, 1.165) is 36.5 Å². The van der Waals surface area contributed by atoms with Gasteiger partial charge in [-0.25, -0.2) is 0 Å². The van der Waals surface area contributed by atoms with Crippen LogP contribution >= 0.6 is 0 Å². The van der Waals surface area contributed by atoms with Gasteiger partial charge < -0.3 is 19.8 Å². The normalized spacial score (nSPS) is 8.67. The van der Waals surface area contributed by atoms with Crippen LogP contribution < -0.4 is 10.2 Å². The number of hydrogen-bond acceptors (Lipinski definition) is 7. The van der Waals surface area contributed by atoms with Gasteiger partial charge in [-0.2, -0.15) is 0 Å². The average molecular weight is 417 g/mol. The van der Waals surface area contributed by atoms with Crippen molar-refractivity contribution in [1.82, 2.24) is 15.0 Å². The fourth-order valence-corrected chi connectivity index (χ4v) is 1.84. The molecular weight excluding hydrogens is 400 g/mol. The quantitative estimate of drug-likeness (QED) is 0.564. The Morgan fingerprint density at radius 3 is 1.59 bits per heavy atom. The third kappa shape index (κ3) is 9.92. The Bertz CT molecular complexity index is 752. The second kappa shape index (κ2) is 13.2. The van der Waals surface area contributed by atoms with Gasteiger partial charge in [0.25, 0.3) is 0 Å². The van der Waals surface area contributed by atoms with E-state index in [0.29, 0.717) is 0 Å². The minimum Gasteiger partial charge on any atom is -0.550 e. The van der Waals surface area contributed by atoms with Crippen LogP contribution in [0.15, 0.2) is 67.1 Å². The fraction of sp³-hybridized carbons (Fsp3) is 0.105. The van der Waals surface area contributed by atoms with Crippen LogP contribution in [0.3, 0.4) is 0 Å². The molecular formula is C19H17N3O4Zn. The summed E-state index contributed by atoms with van der Waals surface area (Å²) in [7, 11) is 0. The van der Waals surface area contributed by atoms with Crippen LogP contribution in [0.1, 0.15) is 13.8 Å². The predicted octanol–water partition coefficient (Wildman–Crippen LogP) is 0.716. The van der Waals surface area contributed by atoms with Gasteiger partial charge in [-0.15, -0.1) is 0 Å². The smallest absolute Gasteiger partial charge is 0.550 e. The van der Waals surface area contributed by atoms with Crippen molar-refractivity contribution < 1.29 is 39.3 Å². The molecule has 0 aliphatic rings. The number of hydrogen-bond donors (Lipinski definition) is 0. The van der Waals surface area contributed by atoms with Crippen molar-refractivity contribution in [3.63, 3.8) is 0 Å². The molecule has 0 saturated carbocycles. The maximum atomic E-state index is 8.89. The van der Waals surface area contributed by atoms with E-state index in [1.807, 2.05) is 48.5 Å². The number of carbonyl (C=O) groups is 2. The van der Waals surface area contributed by atoms with Gasteiger partial charge >= 0.3 is 19.5 Å². The monoisotopic (exact) mass is 415 g/mol. The van der Waals surface area contributed by atoms with Crippen LogP contribution in [0, 0.1) is 0 Å². The summed E-state index contributed by atoms with van der Waals surface area (Å²) >= 11 is 0. The van der Waals surface area contributed by atoms with E-state index in [2.05, 4.69) is 15.0 Å². The van der Waals surface area contributed by atoms with E-state index >= 15 is 0 Å². The van der Waals surface area contributed by atoms with Crippen molar-refractivity contribution in [1.29, 1.82) is 0 Å². The van der Waals surface area contributed by atoms with Crippen molar-refractivity contribution in [3.8, 4) is 22.6 Å². The first kappa shape index (κ1) is 24.0. The second-order valence-corrected chi connectivity index (χ2v) is 4.81. The van der Waals surface area contributed by atoms with Gasteiger partial charge in [0.2, 0.25) is 0 Å². The number of aliphatic carboxylic acids is 2. The van der Waals surface area contributed by atoms with Gasteiger partial charge in [-0.1, -0.05) is 12.1 Å². The average Bonchev–Trinajstić information content (AvgIpc) is 2.62. The molecule has 0 aliphatic heterocycles. The molecule has 0 aliphatic carbocycles. The Kier molecular flexibility index (Phi) is 11.8. The minimum atomic E-state index is -1.08. The summed E-state index contributed by atoms with van der Waals surface area (Å²) in [5.41, 5.74) is 3.62. The van der Waals surface area contributed by atoms with E-state index < -0.39 is 11.9 Å². The van der Waals surface area contributed by atoms with Crippen LogP contribution in [0.5, 0.6) is 0 Å². The van der Waals surface area contributed by atoms with Crippen molar-refractivity contribution in [2.45, 2.75) is 13.8 Å². The SMILES string of the molecule is CC(=O)[O-].CC(=O)[O-].[Zn+2].c1ccc(-c2cccnc2-c2ccccn2)nc1. The summed E-state index contributed by atoms with van der Waals surface area (Å²) < 4.78 is 0. The van der Waals surface area contributed by atoms with Gasteiger partial charge in [-0.3, -0.25) is 15.0 Å². The zero-order chi connectivity index (χ0) is 19.4. The second-order valence-electron chi connectivity index (χ2n) is 4.81. The summed E-state index contributed by atoms with van der Waals surface area (Å²) in [6.07, 6.45) is 5.33. The van der Waals surface area contributed by atoms with Gasteiger partial charge in [0.15, 0.2) is 0 Å². The van der Waals surface area contributed by atoms with E-state index in [1.165, 1.54) is 0 Å². The molecule has 3 aromatic heterocycles. The third-order valence-electron chi connectivity index (χ3n) is 2.66. The van der Waals surface area contributed by atoms with Crippen LogP contribution in [0.2, 0.25) is 0 Å². The van der Waals surface area contributed by atoms with Gasteiger partial charge in [-0.05, 0) is 50.2 Å². The number of rotatable bonds is 2. The molecule has 8 heteroatoms. The topological polar surface area (TPSA) is 119 Å². The van der Waals surface area contributed by atoms with Crippen LogP contribution in [-0.4, -0.2) is 26.9 Å². The molecule has 0 radical (unpaired) electrons. The largest absolute Gasteiger partial charge is 2.00 e. The molecule has 0 atom stereocenters. The molecule has 7 nitrogen and oxygen atoms in total. The summed E-state index contributed by atoms with van der Waals surface area (Å²) in [4.78, 5) is 30.9. The first-order valence-corrected chi connectivity index (χ1v) is 7.54. The molecule has 0 unspecified atom stereocenters. The van der Waals surface area contributed by atoms with Crippen LogP contribution in [-0.2, 0) is 29.1 Å². The number of carbonyl (C=O) groups excluding carboxylic acids is 2. The minimum absolute atomic E-state index is 0. The molecule has 27 heavy (non-hydrogen) atoms. The molecule has 134 valence electrons. The van der Waals surface area contributed by atoms with Gasteiger partial charge in [0.05, 0.1) is 17.1 Å². The maximum Gasteiger partial charge on any atom is 2.00 e. The first-order valence-electron chi connectivity index (χ1n) is 7.54. The molecule has 3 heterocycles. The molecule has 0 saturated heterocycles. The van der Waals surface area contributed by atoms with Crippen molar-refractivity contribution in [2.75, 3.05) is 0 Å². The summed E-state index contributed by atoms with van der Waals surface area (Å²) in [6.45, 7) is 1.94. The Labute approximate surface area is 169 Å². The number of pyridine rings is 3. The molecule has 0 spiro atoms. The van der Waals surface area contributed by atoms with Crippen LogP contribution in [0.4, 0.5) is 0 Å².